The molecule has 0 saturated carbocycles. The fourth-order valence-electron chi connectivity index (χ4n) is 0.856. The predicted molar refractivity (Wildman–Crippen MR) is 67.2 cm³/mol. The standard InChI is InChI=1S/C12H18.2ClH.Ru/c1-3-5-7-9-11-12-10-8-6-4-2;;;/h3-6,11-12H,1-2,7-10H2;2*1H;/q;;;+4/p-2/b12-11+;;;. The molecule has 0 aromatic rings. The number of allylic oxidation sites excluding steroid dienone is 2. The molecule has 0 bridgehead atoms. The van der Waals surface area contributed by atoms with Crippen molar-refractivity contribution < 1.29 is 15.1 Å². The first-order chi connectivity index (χ1) is 7.33. The maximum absolute atomic E-state index is 4.85. The van der Waals surface area contributed by atoms with Crippen LogP contribution in [0.4, 0.5) is 0 Å². The van der Waals surface area contributed by atoms with Crippen LogP contribution in [0.25, 0.3) is 0 Å². The number of rotatable bonds is 8. The zero-order chi connectivity index (χ0) is 11.8. The molecule has 0 saturated heterocycles. The normalized spacial score (nSPS) is 10.1. The van der Waals surface area contributed by atoms with Gasteiger partial charge in [0.25, 0.3) is 0 Å². The van der Waals surface area contributed by atoms with Crippen LogP contribution in [0.5, 0.6) is 0 Å². The second kappa shape index (κ2) is 20.4. The van der Waals surface area contributed by atoms with Gasteiger partial charge in [0.2, 0.25) is 0 Å². The molecule has 0 aliphatic heterocycles. The molecule has 0 fully saturated rings. The Kier molecular flexibility index (Phi) is 24.9. The Morgan fingerprint density at radius 1 is 0.800 bits per heavy atom. The van der Waals surface area contributed by atoms with Crippen molar-refractivity contribution in [3.8, 4) is 0 Å². The number of halogens is 2. The Bertz CT molecular complexity index is 104. The quantitative estimate of drug-likeness (QED) is 0.334. The van der Waals surface area contributed by atoms with Crippen molar-refractivity contribution >= 4 is 19.4 Å². The van der Waals surface area contributed by atoms with Gasteiger partial charge in [-0.15, -0.1) is 0 Å². The van der Waals surface area contributed by atoms with Gasteiger partial charge in [0.05, 0.1) is 0 Å². The molecule has 0 aromatic carbocycles. The van der Waals surface area contributed by atoms with Crippen LogP contribution in [-0.2, 0) is 15.1 Å². The average Bonchev–Trinajstić information content (AvgIpc) is 2.23. The number of unbranched alkanes of at least 4 members (excludes halogenated alkanes) is 6. The van der Waals surface area contributed by atoms with Crippen molar-refractivity contribution in [2.45, 2.75) is 25.7 Å². The molecule has 15 heavy (non-hydrogen) atoms. The zero-order valence-electron chi connectivity index (χ0n) is 8.82. The van der Waals surface area contributed by atoms with Crippen molar-refractivity contribution in [3.63, 3.8) is 0 Å². The van der Waals surface area contributed by atoms with E-state index in [1.807, 2.05) is 12.8 Å². The van der Waals surface area contributed by atoms with Gasteiger partial charge in [-0.25, -0.2) is 0 Å². The first-order valence-electron chi connectivity index (χ1n) is 4.72. The topological polar surface area (TPSA) is 0 Å². The summed E-state index contributed by atoms with van der Waals surface area (Å²) in [7, 11) is 9.71. The summed E-state index contributed by atoms with van der Waals surface area (Å²) < 4.78 is 0. The Balaban J connectivity index is 0. The van der Waals surface area contributed by atoms with E-state index in [1.54, 1.807) is 0 Å². The van der Waals surface area contributed by atoms with E-state index in [0.717, 1.165) is 25.7 Å². The van der Waals surface area contributed by atoms with Gasteiger partial charge in [-0.05, 0) is 65.2 Å². The summed E-state index contributed by atoms with van der Waals surface area (Å²) in [6.45, 7) is 7.25. The van der Waals surface area contributed by atoms with Gasteiger partial charge < -0.3 is 0 Å². The van der Waals surface area contributed by atoms with Crippen molar-refractivity contribution in [1.29, 1.82) is 0 Å². The zero-order valence-corrected chi connectivity index (χ0v) is 12.1. The Morgan fingerprint density at radius 3 is 1.40 bits per heavy atom. The van der Waals surface area contributed by atoms with E-state index in [0.29, 0.717) is 0 Å². The van der Waals surface area contributed by atoms with Gasteiger partial charge in [-0.2, -0.15) is 0 Å². The molecule has 86 valence electrons. The van der Waals surface area contributed by atoms with Crippen molar-refractivity contribution in [3.05, 3.63) is 51.7 Å². The third kappa shape index (κ3) is 25.3. The molecule has 0 aromatic heterocycles. The minimum atomic E-state index is -0.346. The maximum atomic E-state index is 4.85. The summed E-state index contributed by atoms with van der Waals surface area (Å²) in [4.78, 5) is 0. The third-order valence-electron chi connectivity index (χ3n) is 1.50. The van der Waals surface area contributed by atoms with Crippen LogP contribution in [0, 0.1) is 39.5 Å². The van der Waals surface area contributed by atoms with Crippen LogP contribution in [0.3, 0.4) is 0 Å². The molecule has 0 unspecified atom stereocenters. The number of hydrogen-bond donors (Lipinski definition) is 0. The average molecular weight is 334 g/mol. The van der Waals surface area contributed by atoms with Crippen LogP contribution >= 0.6 is 19.4 Å². The Labute approximate surface area is 111 Å². The van der Waals surface area contributed by atoms with Crippen molar-refractivity contribution in [2.75, 3.05) is 0 Å². The molecule has 0 spiro atoms. The van der Waals surface area contributed by atoms with Gasteiger partial charge in [0.1, 0.15) is 0 Å². The molecule has 0 atom stereocenters. The van der Waals surface area contributed by atoms with Crippen LogP contribution in [-0.4, -0.2) is 0 Å². The first kappa shape index (κ1) is 18.3. The molecule has 0 aliphatic carbocycles. The molecule has 3 heteroatoms. The molecule has 0 nitrogen and oxygen atoms in total. The van der Waals surface area contributed by atoms with E-state index in [-0.39, 0.29) is 15.1 Å². The van der Waals surface area contributed by atoms with Crippen LogP contribution in [0.2, 0.25) is 0 Å². The van der Waals surface area contributed by atoms with Gasteiger partial charge >= 0.3 is 34.5 Å². The summed E-state index contributed by atoms with van der Waals surface area (Å²) in [6.07, 6.45) is 16.8. The van der Waals surface area contributed by atoms with Crippen molar-refractivity contribution in [1.82, 2.24) is 0 Å². The molecule has 0 rings (SSSR count). The second-order valence-corrected chi connectivity index (χ2v) is 5.26. The molecule has 0 amide bonds. The SMILES string of the molecule is [CH2][CH][CH]CC/C=C/CC[CH][CH][CH2].[Cl][Ru+2][Cl]. The van der Waals surface area contributed by atoms with Gasteiger partial charge in [-0.3, -0.25) is 0 Å². The van der Waals surface area contributed by atoms with E-state index in [4.69, 9.17) is 19.4 Å². The second-order valence-electron chi connectivity index (χ2n) is 2.62. The van der Waals surface area contributed by atoms with Gasteiger partial charge in [-0.1, -0.05) is 12.2 Å². The summed E-state index contributed by atoms with van der Waals surface area (Å²) in [5.41, 5.74) is 0. The predicted octanol–water partition coefficient (Wildman–Crippen LogP) is 4.96. The van der Waals surface area contributed by atoms with E-state index in [2.05, 4.69) is 38.8 Å². The monoisotopic (exact) mass is 334 g/mol. The molecule has 0 N–H and O–H groups in total. The van der Waals surface area contributed by atoms with E-state index in [9.17, 15) is 0 Å². The minimum absolute atomic E-state index is 0.346. The fourth-order valence-corrected chi connectivity index (χ4v) is 0.856. The third-order valence-corrected chi connectivity index (χ3v) is 1.50. The van der Waals surface area contributed by atoms with Crippen molar-refractivity contribution in [2.24, 2.45) is 0 Å². The number of hydrogen-bond acceptors (Lipinski definition) is 0. The molecule has 0 heterocycles. The Morgan fingerprint density at radius 2 is 1.13 bits per heavy atom. The van der Waals surface area contributed by atoms with Gasteiger partial charge in [0, 0.05) is 0 Å². The van der Waals surface area contributed by atoms with Gasteiger partial charge in [0.15, 0.2) is 0 Å². The van der Waals surface area contributed by atoms with Crippen LogP contribution in [0.15, 0.2) is 12.2 Å². The van der Waals surface area contributed by atoms with E-state index >= 15 is 0 Å². The molecule has 0 aliphatic rings. The summed E-state index contributed by atoms with van der Waals surface area (Å²) in [5.74, 6) is 0. The van der Waals surface area contributed by atoms with Crippen LogP contribution in [0.1, 0.15) is 25.7 Å². The molecular weight excluding hydrogens is 316 g/mol. The fraction of sp³-hybridized carbons (Fsp3) is 0.333. The molecular formula is C12H18Cl2Ru+2. The summed E-state index contributed by atoms with van der Waals surface area (Å²) >= 11 is -0.346. The van der Waals surface area contributed by atoms with E-state index < -0.39 is 0 Å². The summed E-state index contributed by atoms with van der Waals surface area (Å²) in [5, 5.41) is 0. The first-order valence-corrected chi connectivity index (χ1v) is 9.19. The van der Waals surface area contributed by atoms with E-state index in [1.165, 1.54) is 0 Å². The van der Waals surface area contributed by atoms with Crippen LogP contribution < -0.4 is 0 Å². The molecule has 6 radical (unpaired) electrons. The summed E-state index contributed by atoms with van der Waals surface area (Å²) in [6, 6.07) is 0. The Hall–Kier alpha value is 0.943.